The number of amides is 1. The first-order valence-electron chi connectivity index (χ1n) is 7.36. The molecule has 0 spiro atoms. The lowest BCUT2D eigenvalue weighted by Crippen LogP contribution is -2.17. The van der Waals surface area contributed by atoms with Crippen molar-refractivity contribution in [2.24, 2.45) is 0 Å². The molecule has 3 aromatic rings. The number of carbonyl (C=O) groups is 1. The quantitative estimate of drug-likeness (QED) is 0.607. The minimum absolute atomic E-state index is 0.0953. The fourth-order valence-electron chi connectivity index (χ4n) is 2.05. The van der Waals surface area contributed by atoms with E-state index in [9.17, 15) is 14.7 Å². The van der Waals surface area contributed by atoms with Gasteiger partial charge in [0.15, 0.2) is 10.9 Å². The Morgan fingerprint density at radius 1 is 1.08 bits per heavy atom. The number of benzene rings is 2. The Morgan fingerprint density at radius 2 is 1.80 bits per heavy atom. The summed E-state index contributed by atoms with van der Waals surface area (Å²) in [6, 6.07) is 15.2. The van der Waals surface area contributed by atoms with Gasteiger partial charge in [-0.05, 0) is 36.4 Å². The number of H-pyrrole nitrogens is 1. The van der Waals surface area contributed by atoms with Gasteiger partial charge in [-0.2, -0.15) is 0 Å². The van der Waals surface area contributed by atoms with Crippen LogP contribution >= 0.6 is 11.8 Å². The maximum atomic E-state index is 12.1. The Bertz CT molecular complexity index is 927. The number of para-hydroxylation sites is 1. The van der Waals surface area contributed by atoms with Crippen LogP contribution in [0.15, 0.2) is 64.5 Å². The highest BCUT2D eigenvalue weighted by molar-refractivity contribution is 7.99. The lowest BCUT2D eigenvalue weighted by Gasteiger charge is -2.04. The van der Waals surface area contributed by atoms with Crippen molar-refractivity contribution >= 4 is 23.4 Å². The molecule has 0 unspecified atom stereocenters. The average molecular weight is 354 g/mol. The summed E-state index contributed by atoms with van der Waals surface area (Å²) in [6.07, 6.45) is 0. The highest BCUT2D eigenvalue weighted by atomic mass is 32.2. The molecule has 1 aromatic heterocycles. The van der Waals surface area contributed by atoms with Crippen molar-refractivity contribution < 1.29 is 9.90 Å². The zero-order chi connectivity index (χ0) is 17.6. The van der Waals surface area contributed by atoms with Gasteiger partial charge in [0.05, 0.1) is 5.75 Å². The summed E-state index contributed by atoms with van der Waals surface area (Å²) in [7, 11) is 0. The molecule has 8 heteroatoms. The van der Waals surface area contributed by atoms with Gasteiger partial charge in [0, 0.05) is 11.3 Å². The molecule has 0 atom stereocenters. The summed E-state index contributed by atoms with van der Waals surface area (Å²) in [6.45, 7) is 0. The van der Waals surface area contributed by atoms with Crippen LogP contribution in [-0.2, 0) is 4.79 Å². The number of carbonyl (C=O) groups excluding carboxylic acids is 1. The van der Waals surface area contributed by atoms with Crippen LogP contribution in [0, 0.1) is 0 Å². The number of phenols is 1. The van der Waals surface area contributed by atoms with Gasteiger partial charge in [0.25, 0.3) is 5.56 Å². The van der Waals surface area contributed by atoms with Crippen molar-refractivity contribution in [1.29, 1.82) is 0 Å². The highest BCUT2D eigenvalue weighted by Gasteiger charge is 2.10. The van der Waals surface area contributed by atoms with Crippen molar-refractivity contribution in [1.82, 2.24) is 15.2 Å². The summed E-state index contributed by atoms with van der Waals surface area (Å²) < 4.78 is 0. The van der Waals surface area contributed by atoms with Crippen LogP contribution in [0.1, 0.15) is 0 Å². The van der Waals surface area contributed by atoms with Crippen LogP contribution in [0.5, 0.6) is 5.75 Å². The second-order valence-corrected chi connectivity index (χ2v) is 6.02. The maximum Gasteiger partial charge on any atom is 0.278 e. The first kappa shape index (κ1) is 16.7. The Labute approximate surface area is 147 Å². The van der Waals surface area contributed by atoms with E-state index < -0.39 is 5.56 Å². The van der Waals surface area contributed by atoms with Crippen LogP contribution in [0.2, 0.25) is 0 Å². The Morgan fingerprint density at radius 3 is 2.48 bits per heavy atom. The summed E-state index contributed by atoms with van der Waals surface area (Å²) in [4.78, 5) is 26.6. The molecule has 1 heterocycles. The Balaban J connectivity index is 1.64. The minimum atomic E-state index is -0.411. The first-order valence-corrected chi connectivity index (χ1v) is 8.34. The van der Waals surface area contributed by atoms with Gasteiger partial charge in [-0.25, -0.2) is 0 Å². The highest BCUT2D eigenvalue weighted by Crippen LogP contribution is 2.17. The second kappa shape index (κ2) is 7.63. The normalized spacial score (nSPS) is 10.4. The third kappa shape index (κ3) is 4.45. The lowest BCUT2D eigenvalue weighted by molar-refractivity contribution is -0.113. The summed E-state index contributed by atoms with van der Waals surface area (Å²) in [5.41, 5.74) is 0.991. The van der Waals surface area contributed by atoms with Crippen molar-refractivity contribution in [3.05, 3.63) is 65.0 Å². The van der Waals surface area contributed by atoms with E-state index >= 15 is 0 Å². The first-order chi connectivity index (χ1) is 12.1. The van der Waals surface area contributed by atoms with Gasteiger partial charge in [-0.15, -0.1) is 10.2 Å². The molecule has 0 aliphatic heterocycles. The second-order valence-electron chi connectivity index (χ2n) is 5.06. The molecule has 0 aliphatic rings. The zero-order valence-electron chi connectivity index (χ0n) is 13.0. The molecule has 0 fully saturated rings. The van der Waals surface area contributed by atoms with Crippen LogP contribution in [0.4, 0.5) is 5.69 Å². The molecule has 7 nitrogen and oxygen atoms in total. The van der Waals surface area contributed by atoms with Crippen molar-refractivity contribution in [2.45, 2.75) is 5.16 Å². The molecule has 0 saturated heterocycles. The number of aromatic hydroxyl groups is 1. The van der Waals surface area contributed by atoms with E-state index in [1.165, 1.54) is 12.1 Å². The fourth-order valence-corrected chi connectivity index (χ4v) is 2.65. The molecule has 126 valence electrons. The van der Waals surface area contributed by atoms with Crippen LogP contribution < -0.4 is 10.9 Å². The SMILES string of the molecule is O=C(CSc1nnc(-c2ccc(O)cc2)c(=O)[nH]1)Nc1ccccc1. The molecule has 0 radical (unpaired) electrons. The summed E-state index contributed by atoms with van der Waals surface area (Å²) >= 11 is 1.09. The van der Waals surface area contributed by atoms with E-state index in [2.05, 4.69) is 20.5 Å². The zero-order valence-corrected chi connectivity index (χ0v) is 13.8. The van der Waals surface area contributed by atoms with Crippen LogP contribution in [-0.4, -0.2) is 31.9 Å². The van der Waals surface area contributed by atoms with Gasteiger partial charge >= 0.3 is 0 Å². The minimum Gasteiger partial charge on any atom is -0.508 e. The Hall–Kier alpha value is -3.13. The van der Waals surface area contributed by atoms with Crippen LogP contribution in [0.3, 0.4) is 0 Å². The van der Waals surface area contributed by atoms with E-state index in [4.69, 9.17) is 0 Å². The lowest BCUT2D eigenvalue weighted by atomic mass is 10.1. The molecule has 1 amide bonds. The number of aromatic amines is 1. The molecule has 3 rings (SSSR count). The number of nitrogens with zero attached hydrogens (tertiary/aromatic N) is 2. The smallest absolute Gasteiger partial charge is 0.278 e. The predicted octanol–water partition coefficient (Wildman–Crippen LogP) is 2.27. The number of hydrogen-bond acceptors (Lipinski definition) is 6. The monoisotopic (exact) mass is 354 g/mol. The van der Waals surface area contributed by atoms with Crippen molar-refractivity contribution in [3.8, 4) is 17.0 Å². The van der Waals surface area contributed by atoms with Crippen LogP contribution in [0.25, 0.3) is 11.3 Å². The number of anilines is 1. The number of rotatable bonds is 5. The summed E-state index contributed by atoms with van der Waals surface area (Å²) in [5.74, 6) is -0.0101. The van der Waals surface area contributed by atoms with Gasteiger partial charge in [0.1, 0.15) is 5.75 Å². The van der Waals surface area contributed by atoms with E-state index in [0.717, 1.165) is 11.8 Å². The number of phenolic OH excluding ortho intramolecular Hbond substituents is 1. The number of aromatic nitrogens is 3. The van der Waals surface area contributed by atoms with E-state index in [1.807, 2.05) is 18.2 Å². The molecule has 0 saturated carbocycles. The van der Waals surface area contributed by atoms with Gasteiger partial charge in [-0.1, -0.05) is 30.0 Å². The molecule has 3 N–H and O–H groups in total. The molecular weight excluding hydrogens is 340 g/mol. The molecule has 2 aromatic carbocycles. The molecular formula is C17H14N4O3S. The van der Waals surface area contributed by atoms with Crippen molar-refractivity contribution in [3.63, 3.8) is 0 Å². The van der Waals surface area contributed by atoms with Gasteiger partial charge < -0.3 is 10.4 Å². The van der Waals surface area contributed by atoms with E-state index in [1.54, 1.807) is 24.3 Å². The van der Waals surface area contributed by atoms with Gasteiger partial charge in [-0.3, -0.25) is 14.6 Å². The number of hydrogen-bond donors (Lipinski definition) is 3. The molecule has 0 aliphatic carbocycles. The number of nitrogens with one attached hydrogen (secondary N) is 2. The van der Waals surface area contributed by atoms with Crippen molar-refractivity contribution in [2.75, 3.05) is 11.1 Å². The van der Waals surface area contributed by atoms with E-state index in [-0.39, 0.29) is 28.3 Å². The Kier molecular flexibility index (Phi) is 5.10. The van der Waals surface area contributed by atoms with E-state index in [0.29, 0.717) is 11.3 Å². The third-order valence-electron chi connectivity index (χ3n) is 3.21. The topological polar surface area (TPSA) is 108 Å². The van der Waals surface area contributed by atoms with Gasteiger partial charge in [0.2, 0.25) is 5.91 Å². The number of thioether (sulfide) groups is 1. The molecule has 25 heavy (non-hydrogen) atoms. The maximum absolute atomic E-state index is 12.1. The standard InChI is InChI=1S/C17H14N4O3S/c22-13-8-6-11(7-9-13)15-16(24)19-17(21-20-15)25-10-14(23)18-12-4-2-1-3-5-12/h1-9,22H,10H2,(H,18,23)(H,19,21,24). The summed E-state index contributed by atoms with van der Waals surface area (Å²) in [5, 5.41) is 20.1. The largest absolute Gasteiger partial charge is 0.508 e. The fraction of sp³-hybridized carbons (Fsp3) is 0.0588. The molecule has 0 bridgehead atoms. The predicted molar refractivity (Wildman–Crippen MR) is 95.5 cm³/mol. The third-order valence-corrected chi connectivity index (χ3v) is 4.08. The average Bonchev–Trinajstić information content (AvgIpc) is 2.62.